The van der Waals surface area contributed by atoms with E-state index >= 15 is 0 Å². The number of hydrogen-bond donors (Lipinski definition) is 1. The first kappa shape index (κ1) is 19.9. The molecule has 0 saturated carbocycles. The molecular formula is C21H24ClNO3S. The molecule has 0 unspecified atom stereocenters. The maximum absolute atomic E-state index is 12.3. The summed E-state index contributed by atoms with van der Waals surface area (Å²) in [6.45, 7) is 3.78. The van der Waals surface area contributed by atoms with Gasteiger partial charge in [0.05, 0.1) is 6.04 Å². The molecule has 144 valence electrons. The normalized spacial score (nSPS) is 17.1. The average molecular weight is 406 g/mol. The Kier molecular flexibility index (Phi) is 6.55. The Morgan fingerprint density at radius 3 is 2.93 bits per heavy atom. The van der Waals surface area contributed by atoms with E-state index in [1.807, 2.05) is 25.1 Å². The number of benzene rings is 1. The molecule has 0 aliphatic heterocycles. The van der Waals surface area contributed by atoms with Crippen LogP contribution in [-0.4, -0.2) is 18.5 Å². The van der Waals surface area contributed by atoms with Gasteiger partial charge in [0.25, 0.3) is 5.91 Å². The Labute approximate surface area is 168 Å². The molecule has 1 aromatic carbocycles. The van der Waals surface area contributed by atoms with Crippen LogP contribution in [0.4, 0.5) is 0 Å². The summed E-state index contributed by atoms with van der Waals surface area (Å²) in [4.78, 5) is 26.3. The molecule has 1 N–H and O–H groups in total. The fraction of sp³-hybridized carbons (Fsp3) is 0.429. The number of carbonyl (C=O) groups excluding carboxylic acids is 2. The molecule has 1 aromatic heterocycles. The maximum Gasteiger partial charge on any atom is 0.348 e. The van der Waals surface area contributed by atoms with Gasteiger partial charge in [-0.2, -0.15) is 0 Å². The molecule has 0 spiro atoms. The van der Waals surface area contributed by atoms with E-state index in [4.69, 9.17) is 16.3 Å². The first-order chi connectivity index (χ1) is 13.0. The standard InChI is InChI=1S/C21H24ClNO3S/c1-3-14-7-8-18-16(9-14)11-19(27-18)21(25)26-12-20(24)23-13(2)15-5-4-6-17(22)10-15/h4-6,10-11,13-14H,3,7-9,12H2,1-2H3,(H,23,24)/t13-,14+/m1/s1. The molecule has 1 heterocycles. The van der Waals surface area contributed by atoms with Gasteiger partial charge in [-0.05, 0) is 61.4 Å². The summed E-state index contributed by atoms with van der Waals surface area (Å²) in [6, 6.07) is 9.04. The molecule has 0 bridgehead atoms. The summed E-state index contributed by atoms with van der Waals surface area (Å²) in [5.74, 6) is -0.0501. The van der Waals surface area contributed by atoms with Crippen molar-refractivity contribution in [2.75, 3.05) is 6.61 Å². The van der Waals surface area contributed by atoms with E-state index in [2.05, 4.69) is 12.2 Å². The minimum Gasteiger partial charge on any atom is -0.451 e. The van der Waals surface area contributed by atoms with Gasteiger partial charge in [0.1, 0.15) is 4.88 Å². The Morgan fingerprint density at radius 1 is 1.37 bits per heavy atom. The van der Waals surface area contributed by atoms with E-state index in [0.717, 1.165) is 18.4 Å². The molecule has 4 nitrogen and oxygen atoms in total. The van der Waals surface area contributed by atoms with Crippen LogP contribution in [-0.2, 0) is 22.4 Å². The zero-order chi connectivity index (χ0) is 19.4. The molecule has 0 fully saturated rings. The first-order valence-corrected chi connectivity index (χ1v) is 10.5. The Hall–Kier alpha value is -1.85. The van der Waals surface area contributed by atoms with E-state index in [1.165, 1.54) is 34.6 Å². The predicted octanol–water partition coefficient (Wildman–Crippen LogP) is 4.95. The number of aryl methyl sites for hydroxylation is 1. The second-order valence-electron chi connectivity index (χ2n) is 7.00. The Balaban J connectivity index is 1.52. The van der Waals surface area contributed by atoms with Gasteiger partial charge in [0.2, 0.25) is 0 Å². The van der Waals surface area contributed by atoms with Crippen LogP contribution in [0.2, 0.25) is 5.02 Å². The molecule has 3 rings (SSSR count). The molecule has 27 heavy (non-hydrogen) atoms. The third-order valence-electron chi connectivity index (χ3n) is 5.02. The number of nitrogens with one attached hydrogen (secondary N) is 1. The molecule has 0 saturated heterocycles. The highest BCUT2D eigenvalue weighted by Crippen LogP contribution is 2.33. The number of hydrogen-bond acceptors (Lipinski definition) is 4. The van der Waals surface area contributed by atoms with Crippen molar-refractivity contribution in [3.05, 3.63) is 56.2 Å². The number of rotatable bonds is 6. The Morgan fingerprint density at radius 2 is 2.19 bits per heavy atom. The lowest BCUT2D eigenvalue weighted by Gasteiger charge is -2.19. The van der Waals surface area contributed by atoms with Crippen molar-refractivity contribution < 1.29 is 14.3 Å². The van der Waals surface area contributed by atoms with Crippen molar-refractivity contribution in [1.29, 1.82) is 0 Å². The van der Waals surface area contributed by atoms with Crippen LogP contribution in [0.1, 0.15) is 58.4 Å². The van der Waals surface area contributed by atoms with Crippen LogP contribution in [0, 0.1) is 5.92 Å². The number of ether oxygens (including phenoxy) is 1. The van der Waals surface area contributed by atoms with Crippen LogP contribution < -0.4 is 5.32 Å². The minimum atomic E-state index is -0.423. The SMILES string of the molecule is CC[C@H]1CCc2sc(C(=O)OCC(=O)N[C@H](C)c3cccc(Cl)c3)cc2C1. The van der Waals surface area contributed by atoms with Gasteiger partial charge >= 0.3 is 5.97 Å². The van der Waals surface area contributed by atoms with Gasteiger partial charge in [-0.25, -0.2) is 4.79 Å². The van der Waals surface area contributed by atoms with E-state index in [1.54, 1.807) is 12.1 Å². The quantitative estimate of drug-likeness (QED) is 0.691. The highest BCUT2D eigenvalue weighted by Gasteiger charge is 2.23. The topological polar surface area (TPSA) is 55.4 Å². The van der Waals surface area contributed by atoms with Crippen molar-refractivity contribution in [1.82, 2.24) is 5.32 Å². The zero-order valence-corrected chi connectivity index (χ0v) is 17.2. The molecule has 0 radical (unpaired) electrons. The maximum atomic E-state index is 12.3. The van der Waals surface area contributed by atoms with Crippen LogP contribution >= 0.6 is 22.9 Å². The first-order valence-electron chi connectivity index (χ1n) is 9.29. The number of esters is 1. The average Bonchev–Trinajstić information content (AvgIpc) is 3.09. The molecule has 1 amide bonds. The van der Waals surface area contributed by atoms with E-state index in [9.17, 15) is 9.59 Å². The number of thiophene rings is 1. The second-order valence-corrected chi connectivity index (χ2v) is 8.57. The van der Waals surface area contributed by atoms with Gasteiger partial charge in [-0.15, -0.1) is 11.3 Å². The van der Waals surface area contributed by atoms with E-state index < -0.39 is 5.97 Å². The third-order valence-corrected chi connectivity index (χ3v) is 6.48. The van der Waals surface area contributed by atoms with Crippen molar-refractivity contribution in [3.63, 3.8) is 0 Å². The summed E-state index contributed by atoms with van der Waals surface area (Å²) in [7, 11) is 0. The highest BCUT2D eigenvalue weighted by molar-refractivity contribution is 7.14. The fourth-order valence-corrected chi connectivity index (χ4v) is 4.69. The number of halogens is 1. The lowest BCUT2D eigenvalue weighted by Crippen LogP contribution is -2.31. The molecule has 1 aliphatic carbocycles. The second kappa shape index (κ2) is 8.89. The van der Waals surface area contributed by atoms with E-state index in [-0.39, 0.29) is 18.6 Å². The molecule has 1 aliphatic rings. The lowest BCUT2D eigenvalue weighted by atomic mass is 9.87. The van der Waals surface area contributed by atoms with Crippen LogP contribution in [0.3, 0.4) is 0 Å². The molecule has 2 aromatic rings. The molecular weight excluding hydrogens is 382 g/mol. The third kappa shape index (κ3) is 5.11. The van der Waals surface area contributed by atoms with Gasteiger partial charge < -0.3 is 10.1 Å². The largest absolute Gasteiger partial charge is 0.451 e. The molecule has 2 atom stereocenters. The lowest BCUT2D eigenvalue weighted by molar-refractivity contribution is -0.124. The number of fused-ring (bicyclic) bond motifs is 1. The van der Waals surface area contributed by atoms with Gasteiger partial charge in [-0.3, -0.25) is 4.79 Å². The smallest absolute Gasteiger partial charge is 0.348 e. The van der Waals surface area contributed by atoms with Crippen molar-refractivity contribution in [3.8, 4) is 0 Å². The summed E-state index contributed by atoms with van der Waals surface area (Å²) >= 11 is 7.48. The van der Waals surface area contributed by atoms with E-state index in [0.29, 0.717) is 15.8 Å². The number of carbonyl (C=O) groups is 2. The predicted molar refractivity (Wildman–Crippen MR) is 108 cm³/mol. The summed E-state index contributed by atoms with van der Waals surface area (Å²) in [6.07, 6.45) is 4.42. The summed E-state index contributed by atoms with van der Waals surface area (Å²) < 4.78 is 5.21. The van der Waals surface area contributed by atoms with Gasteiger partial charge in [-0.1, -0.05) is 37.1 Å². The van der Waals surface area contributed by atoms with Gasteiger partial charge in [0, 0.05) is 9.90 Å². The monoisotopic (exact) mass is 405 g/mol. The van der Waals surface area contributed by atoms with Crippen LogP contribution in [0.5, 0.6) is 0 Å². The number of amides is 1. The highest BCUT2D eigenvalue weighted by atomic mass is 35.5. The van der Waals surface area contributed by atoms with Crippen LogP contribution in [0.15, 0.2) is 30.3 Å². The summed E-state index contributed by atoms with van der Waals surface area (Å²) in [5.41, 5.74) is 2.17. The summed E-state index contributed by atoms with van der Waals surface area (Å²) in [5, 5.41) is 3.44. The van der Waals surface area contributed by atoms with Gasteiger partial charge in [0.15, 0.2) is 6.61 Å². The van der Waals surface area contributed by atoms with Crippen molar-refractivity contribution >= 4 is 34.8 Å². The molecule has 6 heteroatoms. The Bertz CT molecular complexity index is 833. The van der Waals surface area contributed by atoms with Crippen LogP contribution in [0.25, 0.3) is 0 Å². The fourth-order valence-electron chi connectivity index (χ4n) is 3.39. The zero-order valence-electron chi connectivity index (χ0n) is 15.6. The van der Waals surface area contributed by atoms with Crippen molar-refractivity contribution in [2.45, 2.75) is 45.6 Å². The van der Waals surface area contributed by atoms with Crippen molar-refractivity contribution in [2.24, 2.45) is 5.92 Å². The minimum absolute atomic E-state index is 0.213.